The van der Waals surface area contributed by atoms with Crippen LogP contribution in [0.3, 0.4) is 0 Å². The number of aryl methyl sites for hydroxylation is 1. The monoisotopic (exact) mass is 397 g/mol. The molecule has 0 unspecified atom stereocenters. The second-order valence-corrected chi connectivity index (χ2v) is 7.18. The number of rotatable bonds is 4. The Morgan fingerprint density at radius 1 is 0.929 bits per heavy atom. The summed E-state index contributed by atoms with van der Waals surface area (Å²) in [4.78, 5) is 13.6. The van der Waals surface area contributed by atoms with E-state index in [0.717, 1.165) is 42.7 Å². The molecule has 4 rings (SSSR count). The highest BCUT2D eigenvalue weighted by atomic mass is 35.5. The highest BCUT2D eigenvalue weighted by Crippen LogP contribution is 2.24. The number of nitrogens with one attached hydrogen (secondary N) is 1. The second kappa shape index (κ2) is 8.02. The van der Waals surface area contributed by atoms with E-state index in [4.69, 9.17) is 11.6 Å². The Labute approximate surface area is 168 Å². The van der Waals surface area contributed by atoms with Crippen LogP contribution in [0.1, 0.15) is 5.82 Å². The van der Waals surface area contributed by atoms with Gasteiger partial charge in [-0.05, 0) is 43.3 Å². The van der Waals surface area contributed by atoms with E-state index in [1.165, 1.54) is 12.1 Å². The van der Waals surface area contributed by atoms with Gasteiger partial charge in [0, 0.05) is 48.6 Å². The van der Waals surface area contributed by atoms with Gasteiger partial charge in [0.2, 0.25) is 0 Å². The van der Waals surface area contributed by atoms with Crippen molar-refractivity contribution in [2.45, 2.75) is 6.92 Å². The molecule has 0 bridgehead atoms. The minimum absolute atomic E-state index is 0.284. The lowest BCUT2D eigenvalue weighted by Crippen LogP contribution is -2.46. The van der Waals surface area contributed by atoms with Crippen molar-refractivity contribution in [1.82, 2.24) is 9.97 Å². The molecular formula is C21H21ClFN5. The summed E-state index contributed by atoms with van der Waals surface area (Å²) in [7, 11) is 0. The van der Waals surface area contributed by atoms with Gasteiger partial charge in [-0.3, -0.25) is 0 Å². The number of nitrogens with zero attached hydrogens (tertiary/aromatic N) is 4. The number of anilines is 4. The standard InChI is InChI=1S/C21H21ClFN5/c1-15-24-20(26-18-6-3-5-17(23)13-18)14-21(25-15)28-10-8-27(9-11-28)19-7-2-4-16(22)12-19/h2-7,12-14H,8-11H2,1H3,(H,24,25,26). The van der Waals surface area contributed by atoms with E-state index in [1.54, 1.807) is 6.07 Å². The molecule has 7 heteroatoms. The van der Waals surface area contributed by atoms with Gasteiger partial charge < -0.3 is 15.1 Å². The van der Waals surface area contributed by atoms with E-state index in [2.05, 4.69) is 31.2 Å². The van der Waals surface area contributed by atoms with Crippen molar-refractivity contribution in [2.75, 3.05) is 41.3 Å². The van der Waals surface area contributed by atoms with Crippen LogP contribution in [0.15, 0.2) is 54.6 Å². The summed E-state index contributed by atoms with van der Waals surface area (Å²) in [5, 5.41) is 3.91. The zero-order valence-corrected chi connectivity index (χ0v) is 16.3. The van der Waals surface area contributed by atoms with Gasteiger partial charge >= 0.3 is 0 Å². The van der Waals surface area contributed by atoms with Crippen molar-refractivity contribution >= 4 is 34.6 Å². The predicted octanol–water partition coefficient (Wildman–Crippen LogP) is 4.65. The topological polar surface area (TPSA) is 44.3 Å². The van der Waals surface area contributed by atoms with Crippen LogP contribution >= 0.6 is 11.6 Å². The van der Waals surface area contributed by atoms with E-state index >= 15 is 0 Å². The van der Waals surface area contributed by atoms with Gasteiger partial charge in [0.25, 0.3) is 0 Å². The van der Waals surface area contributed by atoms with Crippen molar-refractivity contribution in [3.8, 4) is 0 Å². The fourth-order valence-electron chi connectivity index (χ4n) is 3.36. The average molecular weight is 398 g/mol. The van der Waals surface area contributed by atoms with Crippen LogP contribution in [0.4, 0.5) is 27.4 Å². The van der Waals surface area contributed by atoms with Crippen molar-refractivity contribution in [2.24, 2.45) is 0 Å². The Morgan fingerprint density at radius 2 is 1.68 bits per heavy atom. The third-order valence-electron chi connectivity index (χ3n) is 4.70. The van der Waals surface area contributed by atoms with Crippen LogP contribution in [-0.2, 0) is 0 Å². The first-order chi connectivity index (χ1) is 13.6. The van der Waals surface area contributed by atoms with Crippen LogP contribution in [0.2, 0.25) is 5.02 Å². The lowest BCUT2D eigenvalue weighted by atomic mass is 10.2. The van der Waals surface area contributed by atoms with Crippen LogP contribution < -0.4 is 15.1 Å². The fourth-order valence-corrected chi connectivity index (χ4v) is 3.54. The molecule has 1 fully saturated rings. The zero-order chi connectivity index (χ0) is 19.5. The van der Waals surface area contributed by atoms with Crippen molar-refractivity contribution in [3.63, 3.8) is 0 Å². The zero-order valence-electron chi connectivity index (χ0n) is 15.6. The number of benzene rings is 2. The van der Waals surface area contributed by atoms with Crippen LogP contribution in [-0.4, -0.2) is 36.1 Å². The molecular weight excluding hydrogens is 377 g/mol. The molecule has 2 aromatic carbocycles. The minimum Gasteiger partial charge on any atom is -0.368 e. The highest BCUT2D eigenvalue weighted by Gasteiger charge is 2.19. The van der Waals surface area contributed by atoms with Gasteiger partial charge in [-0.2, -0.15) is 0 Å². The van der Waals surface area contributed by atoms with E-state index in [1.807, 2.05) is 37.3 Å². The predicted molar refractivity (Wildman–Crippen MR) is 112 cm³/mol. The molecule has 0 aliphatic carbocycles. The molecule has 0 amide bonds. The Hall–Kier alpha value is -2.86. The highest BCUT2D eigenvalue weighted by molar-refractivity contribution is 6.30. The van der Waals surface area contributed by atoms with Crippen molar-refractivity contribution in [3.05, 3.63) is 71.3 Å². The molecule has 1 saturated heterocycles. The van der Waals surface area contributed by atoms with E-state index in [9.17, 15) is 4.39 Å². The molecule has 0 radical (unpaired) electrons. The quantitative estimate of drug-likeness (QED) is 0.694. The van der Waals surface area contributed by atoms with E-state index in [0.29, 0.717) is 17.3 Å². The lowest BCUT2D eigenvalue weighted by Gasteiger charge is -2.37. The maximum Gasteiger partial charge on any atom is 0.136 e. The average Bonchev–Trinajstić information content (AvgIpc) is 2.68. The third-order valence-corrected chi connectivity index (χ3v) is 4.93. The molecule has 28 heavy (non-hydrogen) atoms. The molecule has 1 N–H and O–H groups in total. The first kappa shape index (κ1) is 18.5. The Bertz CT molecular complexity index is 973. The van der Waals surface area contributed by atoms with Crippen LogP contribution in [0, 0.1) is 12.7 Å². The van der Waals surface area contributed by atoms with Gasteiger partial charge in [-0.1, -0.05) is 23.7 Å². The summed E-state index contributed by atoms with van der Waals surface area (Å²) < 4.78 is 13.4. The molecule has 2 heterocycles. The number of piperazine rings is 1. The third kappa shape index (κ3) is 4.34. The summed E-state index contributed by atoms with van der Waals surface area (Å²) in [5.74, 6) is 1.92. The smallest absolute Gasteiger partial charge is 0.136 e. The summed E-state index contributed by atoms with van der Waals surface area (Å²) in [6.45, 7) is 5.33. The molecule has 5 nitrogen and oxygen atoms in total. The first-order valence-electron chi connectivity index (χ1n) is 9.20. The largest absolute Gasteiger partial charge is 0.368 e. The number of hydrogen-bond donors (Lipinski definition) is 1. The van der Waals surface area contributed by atoms with Gasteiger partial charge in [0.05, 0.1) is 0 Å². The Kier molecular flexibility index (Phi) is 5.30. The van der Waals surface area contributed by atoms with Crippen LogP contribution in [0.5, 0.6) is 0 Å². The van der Waals surface area contributed by atoms with Crippen molar-refractivity contribution in [1.29, 1.82) is 0 Å². The molecule has 144 valence electrons. The summed E-state index contributed by atoms with van der Waals surface area (Å²) in [6.07, 6.45) is 0. The molecule has 0 spiro atoms. The molecule has 0 saturated carbocycles. The molecule has 0 atom stereocenters. The van der Waals surface area contributed by atoms with Crippen LogP contribution in [0.25, 0.3) is 0 Å². The molecule has 1 aliphatic rings. The van der Waals surface area contributed by atoms with E-state index in [-0.39, 0.29) is 5.82 Å². The van der Waals surface area contributed by atoms with Gasteiger partial charge in [-0.15, -0.1) is 0 Å². The lowest BCUT2D eigenvalue weighted by molar-refractivity contribution is 0.628. The summed E-state index contributed by atoms with van der Waals surface area (Å²) in [5.41, 5.74) is 1.80. The second-order valence-electron chi connectivity index (χ2n) is 6.75. The maximum atomic E-state index is 13.4. The normalized spacial score (nSPS) is 14.2. The van der Waals surface area contributed by atoms with Gasteiger partial charge in [0.15, 0.2) is 0 Å². The van der Waals surface area contributed by atoms with Gasteiger partial charge in [-0.25, -0.2) is 14.4 Å². The Balaban J connectivity index is 1.47. The first-order valence-corrected chi connectivity index (χ1v) is 9.58. The molecule has 1 aromatic heterocycles. The number of halogens is 2. The summed E-state index contributed by atoms with van der Waals surface area (Å²) >= 11 is 6.12. The molecule has 3 aromatic rings. The number of aromatic nitrogens is 2. The van der Waals surface area contributed by atoms with Gasteiger partial charge in [0.1, 0.15) is 23.3 Å². The van der Waals surface area contributed by atoms with Crippen molar-refractivity contribution < 1.29 is 4.39 Å². The summed E-state index contributed by atoms with van der Waals surface area (Å²) in [6, 6.07) is 16.2. The Morgan fingerprint density at radius 3 is 2.43 bits per heavy atom. The number of hydrogen-bond acceptors (Lipinski definition) is 5. The minimum atomic E-state index is -0.284. The molecule has 1 aliphatic heterocycles. The fraction of sp³-hybridized carbons (Fsp3) is 0.238. The van der Waals surface area contributed by atoms with E-state index < -0.39 is 0 Å². The SMILES string of the molecule is Cc1nc(Nc2cccc(F)c2)cc(N2CCN(c3cccc(Cl)c3)CC2)n1. The maximum absolute atomic E-state index is 13.4.